The maximum Gasteiger partial charge on any atom is 0.303 e. The lowest BCUT2D eigenvalue weighted by Gasteiger charge is -2.14. The molecule has 0 heterocycles. The third-order valence-electron chi connectivity index (χ3n) is 4.96. The van der Waals surface area contributed by atoms with Crippen molar-refractivity contribution in [1.82, 2.24) is 0 Å². The number of carboxylic acids is 1. The summed E-state index contributed by atoms with van der Waals surface area (Å²) in [6, 6.07) is 0. The molecule has 0 fully saturated rings. The molecule has 4 heteroatoms. The Morgan fingerprint density at radius 2 is 1.00 bits per heavy atom. The van der Waals surface area contributed by atoms with Gasteiger partial charge in [-0.2, -0.15) is 0 Å². The fourth-order valence-electron chi connectivity index (χ4n) is 3.25. The van der Waals surface area contributed by atoms with E-state index in [1.54, 1.807) is 0 Å². The summed E-state index contributed by atoms with van der Waals surface area (Å²) in [6.45, 7) is 5.01. The molecule has 164 valence electrons. The Morgan fingerprint density at radius 1 is 0.630 bits per heavy atom. The van der Waals surface area contributed by atoms with Crippen LogP contribution in [0.5, 0.6) is 0 Å². The van der Waals surface area contributed by atoms with Crippen molar-refractivity contribution < 1.29 is 20.1 Å². The number of aliphatic carboxylic acids is 1. The minimum absolute atomic E-state index is 0.283. The summed E-state index contributed by atoms with van der Waals surface area (Å²) in [5, 5.41) is 25.6. The molecule has 0 bridgehead atoms. The van der Waals surface area contributed by atoms with Crippen molar-refractivity contribution in [3.63, 3.8) is 0 Å². The largest absolute Gasteiger partial charge is 0.481 e. The van der Waals surface area contributed by atoms with Crippen molar-refractivity contribution in [2.24, 2.45) is 5.92 Å². The highest BCUT2D eigenvalue weighted by Crippen LogP contribution is 2.21. The zero-order valence-electron chi connectivity index (χ0n) is 18.3. The van der Waals surface area contributed by atoms with E-state index in [0.717, 1.165) is 38.5 Å². The standard InChI is InChI=1S/C17H34O2.C6H14O2/c1-3-5-7-9-10-12-14-16(15-17(18)19)13-11-8-6-4-2;7-5-3-1-2-4-6-8/h16H,3-15H2,1-2H3,(H,18,19);7-8H,1-6H2. The van der Waals surface area contributed by atoms with Crippen molar-refractivity contribution in [3.05, 3.63) is 0 Å². The number of carboxylic acid groups (broad SMARTS) is 1. The summed E-state index contributed by atoms with van der Waals surface area (Å²) in [4.78, 5) is 10.9. The van der Waals surface area contributed by atoms with Gasteiger partial charge in [0.15, 0.2) is 0 Å². The fraction of sp³-hybridized carbons (Fsp3) is 0.957. The average Bonchev–Trinajstić information content (AvgIpc) is 2.65. The second kappa shape index (κ2) is 25.4. The van der Waals surface area contributed by atoms with Crippen LogP contribution in [-0.4, -0.2) is 34.5 Å². The lowest BCUT2D eigenvalue weighted by Crippen LogP contribution is -2.08. The molecule has 1 unspecified atom stereocenters. The molecule has 27 heavy (non-hydrogen) atoms. The van der Waals surface area contributed by atoms with Gasteiger partial charge in [-0.05, 0) is 31.6 Å². The van der Waals surface area contributed by atoms with Crippen LogP contribution >= 0.6 is 0 Å². The first-order valence-electron chi connectivity index (χ1n) is 11.6. The van der Waals surface area contributed by atoms with E-state index < -0.39 is 5.97 Å². The van der Waals surface area contributed by atoms with Gasteiger partial charge in [0.1, 0.15) is 0 Å². The molecule has 0 aliphatic heterocycles. The first-order chi connectivity index (χ1) is 13.1. The predicted octanol–water partition coefficient (Wildman–Crippen LogP) is 6.33. The van der Waals surface area contributed by atoms with Gasteiger partial charge >= 0.3 is 5.97 Å². The van der Waals surface area contributed by atoms with Gasteiger partial charge in [0.05, 0.1) is 0 Å². The van der Waals surface area contributed by atoms with E-state index in [-0.39, 0.29) is 13.2 Å². The van der Waals surface area contributed by atoms with Crippen molar-refractivity contribution in [3.8, 4) is 0 Å². The minimum Gasteiger partial charge on any atom is -0.481 e. The second-order valence-electron chi connectivity index (χ2n) is 7.73. The van der Waals surface area contributed by atoms with E-state index in [0.29, 0.717) is 12.3 Å². The molecule has 4 nitrogen and oxygen atoms in total. The smallest absolute Gasteiger partial charge is 0.303 e. The summed E-state index contributed by atoms with van der Waals surface area (Å²) in [5.74, 6) is -0.202. The summed E-state index contributed by atoms with van der Waals surface area (Å²) in [6.07, 6.45) is 19.2. The molecule has 0 saturated carbocycles. The topological polar surface area (TPSA) is 77.8 Å². The third kappa shape index (κ3) is 27.7. The first-order valence-corrected chi connectivity index (χ1v) is 11.6. The Hall–Kier alpha value is -0.610. The van der Waals surface area contributed by atoms with Gasteiger partial charge in [0.2, 0.25) is 0 Å². The lowest BCUT2D eigenvalue weighted by molar-refractivity contribution is -0.138. The number of carbonyl (C=O) groups is 1. The molecule has 0 saturated heterocycles. The molecule has 0 aliphatic carbocycles. The summed E-state index contributed by atoms with van der Waals surface area (Å²) in [5.41, 5.74) is 0. The van der Waals surface area contributed by atoms with Crippen LogP contribution in [-0.2, 0) is 4.79 Å². The van der Waals surface area contributed by atoms with Gasteiger partial charge in [0, 0.05) is 19.6 Å². The van der Waals surface area contributed by atoms with E-state index in [9.17, 15) is 4.79 Å². The Kier molecular flexibility index (Phi) is 26.9. The lowest BCUT2D eigenvalue weighted by atomic mass is 9.91. The van der Waals surface area contributed by atoms with Gasteiger partial charge in [-0.3, -0.25) is 4.79 Å². The van der Waals surface area contributed by atoms with E-state index >= 15 is 0 Å². The van der Waals surface area contributed by atoms with Crippen LogP contribution in [0.3, 0.4) is 0 Å². The molecule has 0 aliphatic rings. The van der Waals surface area contributed by atoms with E-state index in [2.05, 4.69) is 13.8 Å². The second-order valence-corrected chi connectivity index (χ2v) is 7.73. The van der Waals surface area contributed by atoms with E-state index in [1.165, 1.54) is 64.2 Å². The molecule has 3 N–H and O–H groups in total. The quantitative estimate of drug-likeness (QED) is 0.226. The van der Waals surface area contributed by atoms with Crippen LogP contribution in [0.25, 0.3) is 0 Å². The van der Waals surface area contributed by atoms with E-state index in [4.69, 9.17) is 15.3 Å². The highest BCUT2D eigenvalue weighted by atomic mass is 16.4. The number of hydrogen-bond acceptors (Lipinski definition) is 3. The average molecular weight is 389 g/mol. The monoisotopic (exact) mass is 388 g/mol. The Bertz CT molecular complexity index is 276. The number of hydrogen-bond donors (Lipinski definition) is 3. The minimum atomic E-state index is -0.619. The van der Waals surface area contributed by atoms with Crippen LogP contribution in [0.1, 0.15) is 123 Å². The van der Waals surface area contributed by atoms with Crippen LogP contribution in [0, 0.1) is 5.92 Å². The number of unbranched alkanes of at least 4 members (excludes halogenated alkanes) is 11. The van der Waals surface area contributed by atoms with Crippen LogP contribution in [0.2, 0.25) is 0 Å². The molecule has 0 rings (SSSR count). The summed E-state index contributed by atoms with van der Waals surface area (Å²) < 4.78 is 0. The maximum atomic E-state index is 10.9. The molecule has 0 aromatic rings. The van der Waals surface area contributed by atoms with Gasteiger partial charge in [0.25, 0.3) is 0 Å². The third-order valence-corrected chi connectivity index (χ3v) is 4.96. The molecule has 0 amide bonds. The zero-order valence-corrected chi connectivity index (χ0v) is 18.3. The summed E-state index contributed by atoms with van der Waals surface area (Å²) in [7, 11) is 0. The van der Waals surface area contributed by atoms with Crippen LogP contribution < -0.4 is 0 Å². The Labute approximate surface area is 168 Å². The normalized spacial score (nSPS) is 11.7. The summed E-state index contributed by atoms with van der Waals surface area (Å²) >= 11 is 0. The van der Waals surface area contributed by atoms with Crippen LogP contribution in [0.4, 0.5) is 0 Å². The highest BCUT2D eigenvalue weighted by molar-refractivity contribution is 5.66. The van der Waals surface area contributed by atoms with Gasteiger partial charge < -0.3 is 15.3 Å². The van der Waals surface area contributed by atoms with Crippen molar-refractivity contribution in [2.75, 3.05) is 13.2 Å². The first kappa shape index (κ1) is 28.6. The van der Waals surface area contributed by atoms with Gasteiger partial charge in [-0.25, -0.2) is 0 Å². The van der Waals surface area contributed by atoms with Crippen LogP contribution in [0.15, 0.2) is 0 Å². The Morgan fingerprint density at radius 3 is 1.41 bits per heavy atom. The highest BCUT2D eigenvalue weighted by Gasteiger charge is 2.12. The Balaban J connectivity index is 0. The number of aliphatic hydroxyl groups excluding tert-OH is 2. The zero-order chi connectivity index (χ0) is 20.6. The van der Waals surface area contributed by atoms with E-state index in [1.807, 2.05) is 0 Å². The number of aliphatic hydroxyl groups is 2. The molecule has 0 aromatic heterocycles. The van der Waals surface area contributed by atoms with Crippen molar-refractivity contribution in [1.29, 1.82) is 0 Å². The molecule has 1 atom stereocenters. The van der Waals surface area contributed by atoms with Gasteiger partial charge in [-0.15, -0.1) is 0 Å². The van der Waals surface area contributed by atoms with Crippen molar-refractivity contribution >= 4 is 5.97 Å². The number of rotatable bonds is 19. The molecule has 0 aromatic carbocycles. The molecular formula is C23H48O4. The predicted molar refractivity (Wildman–Crippen MR) is 115 cm³/mol. The maximum absolute atomic E-state index is 10.9. The molecular weight excluding hydrogens is 340 g/mol. The van der Waals surface area contributed by atoms with Crippen molar-refractivity contribution in [2.45, 2.75) is 123 Å². The molecule has 0 radical (unpaired) electrons. The fourth-order valence-corrected chi connectivity index (χ4v) is 3.25. The van der Waals surface area contributed by atoms with Gasteiger partial charge in [-0.1, -0.05) is 90.9 Å². The SMILES string of the molecule is CCCCCCCCC(CCCCCC)CC(=O)O.OCCCCCCO. The molecule has 0 spiro atoms.